The van der Waals surface area contributed by atoms with Crippen LogP contribution in [0.1, 0.15) is 24.6 Å². The van der Waals surface area contributed by atoms with E-state index in [0.29, 0.717) is 0 Å². The number of para-hydroxylation sites is 1. The number of rotatable bonds is 3. The molecule has 0 amide bonds. The highest BCUT2D eigenvalue weighted by molar-refractivity contribution is 5.93. The molecular formula is C13H17N3. The lowest BCUT2D eigenvalue weighted by atomic mass is 10.0. The van der Waals surface area contributed by atoms with Gasteiger partial charge in [0.2, 0.25) is 0 Å². The second-order valence-electron chi connectivity index (χ2n) is 4.02. The molecule has 0 saturated carbocycles. The first-order valence-electron chi connectivity index (χ1n) is 5.62. The number of hydrazine groups is 1. The number of nitrogen functional groups attached to an aromatic ring is 1. The topological polar surface area (TPSA) is 50.9 Å². The molecule has 16 heavy (non-hydrogen) atoms. The first kappa shape index (κ1) is 10.9. The van der Waals surface area contributed by atoms with Crippen molar-refractivity contribution in [2.45, 2.75) is 26.7 Å². The highest BCUT2D eigenvalue weighted by Gasteiger charge is 2.06. The molecule has 0 aliphatic carbocycles. The predicted molar refractivity (Wildman–Crippen MR) is 68.3 cm³/mol. The fourth-order valence-corrected chi connectivity index (χ4v) is 2.03. The zero-order valence-corrected chi connectivity index (χ0v) is 9.75. The average Bonchev–Trinajstić information content (AvgIpc) is 2.29. The first-order valence-corrected chi connectivity index (χ1v) is 5.62. The van der Waals surface area contributed by atoms with Crippen molar-refractivity contribution in [3.63, 3.8) is 0 Å². The van der Waals surface area contributed by atoms with Gasteiger partial charge in [-0.3, -0.25) is 10.8 Å². The van der Waals surface area contributed by atoms with E-state index >= 15 is 0 Å². The molecule has 0 radical (unpaired) electrons. The van der Waals surface area contributed by atoms with E-state index in [2.05, 4.69) is 35.5 Å². The molecule has 0 aliphatic heterocycles. The Morgan fingerprint density at radius 3 is 2.88 bits per heavy atom. The summed E-state index contributed by atoms with van der Waals surface area (Å²) in [7, 11) is 0. The van der Waals surface area contributed by atoms with Crippen molar-refractivity contribution in [3.8, 4) is 0 Å². The number of hydrogen-bond acceptors (Lipinski definition) is 3. The van der Waals surface area contributed by atoms with Gasteiger partial charge in [0, 0.05) is 11.1 Å². The van der Waals surface area contributed by atoms with Crippen LogP contribution in [0.25, 0.3) is 10.9 Å². The van der Waals surface area contributed by atoms with Crippen LogP contribution in [0, 0.1) is 6.92 Å². The molecular weight excluding hydrogens is 198 g/mol. The third kappa shape index (κ3) is 1.86. The maximum absolute atomic E-state index is 5.53. The maximum atomic E-state index is 5.53. The van der Waals surface area contributed by atoms with Gasteiger partial charge in [0.05, 0.1) is 11.2 Å². The average molecular weight is 215 g/mol. The summed E-state index contributed by atoms with van der Waals surface area (Å²) in [6.07, 6.45) is 2.18. The van der Waals surface area contributed by atoms with Crippen LogP contribution in [0.3, 0.4) is 0 Å². The summed E-state index contributed by atoms with van der Waals surface area (Å²) in [4.78, 5) is 4.61. The Kier molecular flexibility index (Phi) is 3.06. The molecule has 0 aliphatic rings. The zero-order valence-electron chi connectivity index (χ0n) is 9.75. The fraction of sp³-hybridized carbons (Fsp3) is 0.308. The van der Waals surface area contributed by atoms with Crippen LogP contribution in [0.5, 0.6) is 0 Å². The number of nitrogens with two attached hydrogens (primary N) is 1. The number of nitrogens with one attached hydrogen (secondary N) is 1. The second kappa shape index (κ2) is 4.49. The van der Waals surface area contributed by atoms with Gasteiger partial charge < -0.3 is 5.43 Å². The first-order chi connectivity index (χ1) is 7.76. The SMILES string of the molecule is CCCc1cccc2c(NN)cc(C)nc12. The Bertz CT molecular complexity index is 506. The molecule has 0 unspecified atom stereocenters. The Balaban J connectivity index is 2.71. The monoisotopic (exact) mass is 215 g/mol. The minimum atomic E-state index is 0.945. The van der Waals surface area contributed by atoms with Gasteiger partial charge in [0.25, 0.3) is 0 Å². The molecule has 0 fully saturated rings. The van der Waals surface area contributed by atoms with Gasteiger partial charge in [0.1, 0.15) is 0 Å². The largest absolute Gasteiger partial charge is 0.323 e. The minimum Gasteiger partial charge on any atom is -0.323 e. The van der Waals surface area contributed by atoms with Gasteiger partial charge in [-0.25, -0.2) is 0 Å². The molecule has 84 valence electrons. The van der Waals surface area contributed by atoms with Crippen LogP contribution in [0.2, 0.25) is 0 Å². The third-order valence-electron chi connectivity index (χ3n) is 2.73. The van der Waals surface area contributed by atoms with E-state index in [1.807, 2.05) is 13.0 Å². The Labute approximate surface area is 95.7 Å². The Morgan fingerprint density at radius 2 is 2.19 bits per heavy atom. The van der Waals surface area contributed by atoms with Crippen LogP contribution < -0.4 is 11.3 Å². The van der Waals surface area contributed by atoms with Crippen LogP contribution in [-0.2, 0) is 6.42 Å². The molecule has 1 aromatic heterocycles. The molecule has 3 heteroatoms. The lowest BCUT2D eigenvalue weighted by Gasteiger charge is -2.10. The molecule has 3 nitrogen and oxygen atoms in total. The summed E-state index contributed by atoms with van der Waals surface area (Å²) in [6.45, 7) is 4.17. The molecule has 2 rings (SSSR count). The number of hydrogen-bond donors (Lipinski definition) is 2. The van der Waals surface area contributed by atoms with Crippen molar-refractivity contribution in [1.82, 2.24) is 4.98 Å². The molecule has 0 atom stereocenters. The Hall–Kier alpha value is -1.61. The van der Waals surface area contributed by atoms with E-state index in [-0.39, 0.29) is 0 Å². The number of pyridine rings is 1. The number of benzene rings is 1. The molecule has 0 bridgehead atoms. The standard InChI is InChI=1S/C13H17N3/c1-3-5-10-6-4-7-11-12(16-14)8-9(2)15-13(10)11/h4,6-8H,3,5,14H2,1-2H3,(H,15,16). The molecule has 3 N–H and O–H groups in total. The van der Waals surface area contributed by atoms with Crippen LogP contribution in [0.4, 0.5) is 5.69 Å². The molecule has 0 saturated heterocycles. The summed E-state index contributed by atoms with van der Waals surface area (Å²) in [5.41, 5.74) is 7.03. The van der Waals surface area contributed by atoms with E-state index in [9.17, 15) is 0 Å². The summed E-state index contributed by atoms with van der Waals surface area (Å²) in [6, 6.07) is 8.22. The van der Waals surface area contributed by atoms with Crippen LogP contribution in [-0.4, -0.2) is 4.98 Å². The second-order valence-corrected chi connectivity index (χ2v) is 4.02. The van der Waals surface area contributed by atoms with Crippen molar-refractivity contribution in [2.24, 2.45) is 5.84 Å². The summed E-state index contributed by atoms with van der Waals surface area (Å²) < 4.78 is 0. The lowest BCUT2D eigenvalue weighted by Crippen LogP contribution is -2.08. The van der Waals surface area contributed by atoms with Crippen LogP contribution >= 0.6 is 0 Å². The van der Waals surface area contributed by atoms with Crippen molar-refractivity contribution in [2.75, 3.05) is 5.43 Å². The van der Waals surface area contributed by atoms with Crippen LogP contribution in [0.15, 0.2) is 24.3 Å². The van der Waals surface area contributed by atoms with E-state index in [1.165, 1.54) is 5.56 Å². The number of aromatic nitrogens is 1. The summed E-state index contributed by atoms with van der Waals surface area (Å²) >= 11 is 0. The number of anilines is 1. The smallest absolute Gasteiger partial charge is 0.0758 e. The molecule has 1 heterocycles. The van der Waals surface area contributed by atoms with Crippen molar-refractivity contribution in [1.29, 1.82) is 0 Å². The quantitative estimate of drug-likeness (QED) is 0.611. The van der Waals surface area contributed by atoms with Gasteiger partial charge in [-0.05, 0) is 25.0 Å². The lowest BCUT2D eigenvalue weighted by molar-refractivity contribution is 0.925. The summed E-state index contributed by atoms with van der Waals surface area (Å²) in [5.74, 6) is 5.53. The zero-order chi connectivity index (χ0) is 11.5. The molecule has 1 aromatic carbocycles. The van der Waals surface area contributed by atoms with E-state index < -0.39 is 0 Å². The fourth-order valence-electron chi connectivity index (χ4n) is 2.03. The highest BCUT2D eigenvalue weighted by atomic mass is 15.2. The number of aryl methyl sites for hydroxylation is 2. The van der Waals surface area contributed by atoms with Gasteiger partial charge in [-0.1, -0.05) is 31.5 Å². The number of fused-ring (bicyclic) bond motifs is 1. The van der Waals surface area contributed by atoms with Gasteiger partial charge >= 0.3 is 0 Å². The van der Waals surface area contributed by atoms with Crippen molar-refractivity contribution in [3.05, 3.63) is 35.5 Å². The normalized spacial score (nSPS) is 10.7. The summed E-state index contributed by atoms with van der Waals surface area (Å²) in [5, 5.41) is 1.10. The van der Waals surface area contributed by atoms with Gasteiger partial charge in [0.15, 0.2) is 0 Å². The van der Waals surface area contributed by atoms with Gasteiger partial charge in [-0.2, -0.15) is 0 Å². The van der Waals surface area contributed by atoms with Crippen molar-refractivity contribution < 1.29 is 0 Å². The Morgan fingerprint density at radius 1 is 1.38 bits per heavy atom. The maximum Gasteiger partial charge on any atom is 0.0758 e. The number of nitrogens with zero attached hydrogens (tertiary/aromatic N) is 1. The molecule has 2 aromatic rings. The van der Waals surface area contributed by atoms with E-state index in [1.54, 1.807) is 0 Å². The third-order valence-corrected chi connectivity index (χ3v) is 2.73. The van der Waals surface area contributed by atoms with E-state index in [0.717, 1.165) is 35.1 Å². The highest BCUT2D eigenvalue weighted by Crippen LogP contribution is 2.25. The minimum absolute atomic E-state index is 0.945. The van der Waals surface area contributed by atoms with Crippen molar-refractivity contribution >= 4 is 16.6 Å². The molecule has 0 spiro atoms. The van der Waals surface area contributed by atoms with Gasteiger partial charge in [-0.15, -0.1) is 0 Å². The predicted octanol–water partition coefficient (Wildman–Crippen LogP) is 2.78. The van der Waals surface area contributed by atoms with E-state index in [4.69, 9.17) is 5.84 Å².